The number of nitrogens with one attached hydrogen (secondary N) is 1. The molecular formula is C19H21F3N8O4. The van der Waals surface area contributed by atoms with E-state index in [9.17, 15) is 18.0 Å². The van der Waals surface area contributed by atoms with Gasteiger partial charge in [-0.05, 0) is 30.9 Å². The normalized spacial score (nSPS) is 14.2. The van der Waals surface area contributed by atoms with Crippen LogP contribution in [-0.4, -0.2) is 65.1 Å². The van der Waals surface area contributed by atoms with Gasteiger partial charge in [0.1, 0.15) is 6.54 Å². The average Bonchev–Trinajstić information content (AvgIpc) is 2.82. The number of carbonyl (C=O) groups excluding carboxylic acids is 1. The van der Waals surface area contributed by atoms with Gasteiger partial charge in [0.05, 0.1) is 6.61 Å². The van der Waals surface area contributed by atoms with Gasteiger partial charge in [-0.15, -0.1) is 0 Å². The van der Waals surface area contributed by atoms with Gasteiger partial charge in [0.15, 0.2) is 11.6 Å². The van der Waals surface area contributed by atoms with Crippen molar-refractivity contribution >= 4 is 17.7 Å². The molecule has 1 aliphatic rings. The zero-order valence-corrected chi connectivity index (χ0v) is 17.8. The molecule has 1 saturated heterocycles. The quantitative estimate of drug-likeness (QED) is 0.301. The molecule has 2 aromatic heterocycles. The Morgan fingerprint density at radius 2 is 2.03 bits per heavy atom. The third kappa shape index (κ3) is 7.22. The summed E-state index contributed by atoms with van der Waals surface area (Å²) >= 11 is 0. The van der Waals surface area contributed by atoms with Gasteiger partial charge in [-0.1, -0.05) is 0 Å². The summed E-state index contributed by atoms with van der Waals surface area (Å²) < 4.78 is 52.5. The lowest BCUT2D eigenvalue weighted by Crippen LogP contribution is -2.38. The molecule has 1 aliphatic heterocycles. The first-order valence-electron chi connectivity index (χ1n) is 10.1. The molecule has 0 aliphatic carbocycles. The van der Waals surface area contributed by atoms with Gasteiger partial charge in [0.2, 0.25) is 18.6 Å². The third-order valence-corrected chi connectivity index (χ3v) is 4.74. The van der Waals surface area contributed by atoms with Gasteiger partial charge < -0.3 is 30.2 Å². The zero-order chi connectivity index (χ0) is 24.6. The zero-order valence-electron chi connectivity index (χ0n) is 17.8. The summed E-state index contributed by atoms with van der Waals surface area (Å²) in [5.74, 6) is -0.655. The van der Waals surface area contributed by atoms with E-state index in [2.05, 4.69) is 24.7 Å². The Hall–Kier alpha value is -4.09. The predicted octanol–water partition coefficient (Wildman–Crippen LogP) is 1.27. The average molecular weight is 482 g/mol. The minimum Gasteiger partial charge on any atom is -0.489 e. The van der Waals surface area contributed by atoms with Crippen LogP contribution in [0.2, 0.25) is 0 Å². The van der Waals surface area contributed by atoms with E-state index in [0.717, 1.165) is 0 Å². The highest BCUT2D eigenvalue weighted by molar-refractivity contribution is 5.90. The van der Waals surface area contributed by atoms with E-state index < -0.39 is 31.2 Å². The van der Waals surface area contributed by atoms with Gasteiger partial charge in [0.25, 0.3) is 12.2 Å². The molecule has 1 fully saturated rings. The Labute approximate surface area is 191 Å². The number of amides is 1. The number of nitriles is 1. The van der Waals surface area contributed by atoms with Crippen molar-refractivity contribution in [2.45, 2.75) is 19.0 Å². The first kappa shape index (κ1) is 24.6. The van der Waals surface area contributed by atoms with E-state index in [1.54, 1.807) is 28.5 Å². The fourth-order valence-electron chi connectivity index (χ4n) is 3.05. The summed E-state index contributed by atoms with van der Waals surface area (Å²) in [7, 11) is 0. The van der Waals surface area contributed by atoms with Gasteiger partial charge in [-0.3, -0.25) is 4.79 Å². The van der Waals surface area contributed by atoms with Crippen LogP contribution in [0.25, 0.3) is 0 Å². The molecule has 0 aromatic carbocycles. The highest BCUT2D eigenvalue weighted by Gasteiger charge is 2.29. The van der Waals surface area contributed by atoms with Gasteiger partial charge >= 0.3 is 12.2 Å². The number of nitrogens with zero attached hydrogens (tertiary/aromatic N) is 6. The van der Waals surface area contributed by atoms with E-state index in [4.69, 9.17) is 20.5 Å². The van der Waals surface area contributed by atoms with E-state index in [0.29, 0.717) is 44.1 Å². The first-order chi connectivity index (χ1) is 16.2. The lowest BCUT2D eigenvalue weighted by molar-refractivity contribution is -0.123. The van der Waals surface area contributed by atoms with Crippen LogP contribution in [0, 0.1) is 17.4 Å². The second-order valence-corrected chi connectivity index (χ2v) is 7.17. The molecule has 2 aromatic rings. The molecule has 0 atom stereocenters. The number of aromatic nitrogens is 4. The van der Waals surface area contributed by atoms with E-state index >= 15 is 0 Å². The van der Waals surface area contributed by atoms with E-state index in [-0.39, 0.29) is 17.9 Å². The summed E-state index contributed by atoms with van der Waals surface area (Å²) in [5, 5.41) is 10.1. The van der Waals surface area contributed by atoms with Crippen LogP contribution in [0.3, 0.4) is 0 Å². The van der Waals surface area contributed by atoms with Crippen molar-refractivity contribution in [1.29, 1.82) is 5.26 Å². The molecule has 0 bridgehead atoms. The molecule has 3 N–H and O–H groups in total. The Kier molecular flexibility index (Phi) is 8.06. The van der Waals surface area contributed by atoms with Crippen LogP contribution in [0.1, 0.15) is 23.5 Å². The number of nitrogens with two attached hydrogens (primary N) is 1. The number of hydrogen-bond acceptors (Lipinski definition) is 11. The maximum atomic E-state index is 12.4. The van der Waals surface area contributed by atoms with Gasteiger partial charge in [-0.25, -0.2) is 4.98 Å². The number of hydrogen-bond donors (Lipinski definition) is 2. The Morgan fingerprint density at radius 3 is 2.71 bits per heavy atom. The molecule has 0 unspecified atom stereocenters. The lowest BCUT2D eigenvalue weighted by atomic mass is 9.98. The largest absolute Gasteiger partial charge is 0.489 e. The fraction of sp³-hybridized carbons (Fsp3) is 0.474. The molecular weight excluding hydrogens is 461 g/mol. The maximum absolute atomic E-state index is 12.4. The second-order valence-electron chi connectivity index (χ2n) is 7.17. The van der Waals surface area contributed by atoms with E-state index in [1.165, 1.54) is 6.26 Å². The molecule has 0 saturated carbocycles. The second kappa shape index (κ2) is 11.2. The van der Waals surface area contributed by atoms with Crippen LogP contribution in [-0.2, 0) is 4.74 Å². The highest BCUT2D eigenvalue weighted by Crippen LogP contribution is 2.24. The SMILES string of the molecule is N#COCOc1nc(C(=O)NCC(F)(F)F)nc(N2CCC(COc3cccnc3N)CC2)n1. The molecule has 3 rings (SSSR count). The monoisotopic (exact) mass is 482 g/mol. The van der Waals surface area contributed by atoms with E-state index in [1.807, 2.05) is 0 Å². The number of nitrogen functional groups attached to an aromatic ring is 1. The predicted molar refractivity (Wildman–Crippen MR) is 109 cm³/mol. The van der Waals surface area contributed by atoms with Crippen LogP contribution in [0.5, 0.6) is 11.8 Å². The van der Waals surface area contributed by atoms with Crippen molar-refractivity contribution in [3.63, 3.8) is 0 Å². The molecule has 182 valence electrons. The molecule has 34 heavy (non-hydrogen) atoms. The van der Waals surface area contributed by atoms with Gasteiger partial charge in [-0.2, -0.15) is 33.4 Å². The Balaban J connectivity index is 1.65. The fourth-order valence-corrected chi connectivity index (χ4v) is 3.05. The maximum Gasteiger partial charge on any atom is 0.405 e. The number of pyridine rings is 1. The Bertz CT molecular complexity index is 1030. The molecule has 15 heteroatoms. The summed E-state index contributed by atoms with van der Waals surface area (Å²) in [5.41, 5.74) is 5.78. The summed E-state index contributed by atoms with van der Waals surface area (Å²) in [4.78, 5) is 29.7. The highest BCUT2D eigenvalue weighted by atomic mass is 19.4. The van der Waals surface area contributed by atoms with Crippen molar-refractivity contribution in [3.05, 3.63) is 24.2 Å². The van der Waals surface area contributed by atoms with Crippen molar-refractivity contribution in [1.82, 2.24) is 25.3 Å². The lowest BCUT2D eigenvalue weighted by Gasteiger charge is -2.32. The first-order valence-corrected chi connectivity index (χ1v) is 10.1. The van der Waals surface area contributed by atoms with Gasteiger partial charge in [0, 0.05) is 19.3 Å². The van der Waals surface area contributed by atoms with Crippen LogP contribution >= 0.6 is 0 Å². The van der Waals surface area contributed by atoms with Crippen LogP contribution < -0.4 is 25.4 Å². The van der Waals surface area contributed by atoms with Crippen molar-refractivity contribution in [3.8, 4) is 18.0 Å². The smallest absolute Gasteiger partial charge is 0.405 e. The number of halogens is 3. The summed E-state index contributed by atoms with van der Waals surface area (Å²) in [6.07, 6.45) is -0.267. The number of alkyl halides is 3. The van der Waals surface area contributed by atoms with Crippen molar-refractivity contribution < 1.29 is 32.2 Å². The van der Waals surface area contributed by atoms with Crippen molar-refractivity contribution in [2.24, 2.45) is 5.92 Å². The Morgan fingerprint density at radius 1 is 1.26 bits per heavy atom. The number of carbonyl (C=O) groups is 1. The molecule has 3 heterocycles. The summed E-state index contributed by atoms with van der Waals surface area (Å²) in [6.45, 7) is -0.698. The topological polar surface area (TPSA) is 161 Å². The number of rotatable bonds is 9. The molecule has 0 radical (unpaired) electrons. The standard InChI is InChI=1S/C19H21F3N8O4/c20-19(21,22)9-26-16(31)15-27-17(29-18(28-15)34-11-32-10-23)30-6-3-12(4-7-30)8-33-13-2-1-5-25-14(13)24/h1-2,5,12H,3-4,6-9,11H2,(H2,24,25)(H,26,31). The van der Waals surface area contributed by atoms with Crippen LogP contribution in [0.4, 0.5) is 24.9 Å². The molecule has 0 spiro atoms. The number of piperidine rings is 1. The molecule has 1 amide bonds. The van der Waals surface area contributed by atoms with Crippen molar-refractivity contribution in [2.75, 3.05) is 43.7 Å². The third-order valence-electron chi connectivity index (χ3n) is 4.74. The minimum atomic E-state index is -4.60. The minimum absolute atomic E-state index is 0.0509. The van der Waals surface area contributed by atoms with Crippen LogP contribution in [0.15, 0.2) is 18.3 Å². The molecule has 12 nitrogen and oxygen atoms in total. The summed E-state index contributed by atoms with van der Waals surface area (Å²) in [6, 6.07) is 3.08. The number of anilines is 2. The number of ether oxygens (including phenoxy) is 3.